The number of aliphatic hydroxyl groups excluding tert-OH is 1. The van der Waals surface area contributed by atoms with Crippen LogP contribution in [0.1, 0.15) is 37.8 Å². The Kier molecular flexibility index (Phi) is 5.50. The molecule has 6 nitrogen and oxygen atoms in total. The molecule has 1 aromatic heterocycles. The monoisotopic (exact) mass is 265 g/mol. The first-order chi connectivity index (χ1) is 9.33. The molecule has 1 aromatic rings. The van der Waals surface area contributed by atoms with Gasteiger partial charge in [0.15, 0.2) is 5.82 Å². The zero-order chi connectivity index (χ0) is 13.5. The van der Waals surface area contributed by atoms with E-state index in [4.69, 9.17) is 5.84 Å². The molecule has 1 aliphatic carbocycles. The van der Waals surface area contributed by atoms with E-state index in [-0.39, 0.29) is 6.61 Å². The van der Waals surface area contributed by atoms with Crippen molar-refractivity contribution in [2.75, 3.05) is 18.6 Å². The number of nitrogens with zero attached hydrogens (tertiary/aromatic N) is 3. The number of hydrogen-bond acceptors (Lipinski definition) is 6. The van der Waals surface area contributed by atoms with E-state index in [0.29, 0.717) is 18.4 Å². The van der Waals surface area contributed by atoms with Gasteiger partial charge in [-0.25, -0.2) is 10.8 Å². The van der Waals surface area contributed by atoms with Crippen LogP contribution in [0, 0.1) is 0 Å². The van der Waals surface area contributed by atoms with E-state index in [1.807, 2.05) is 0 Å². The molecule has 6 heteroatoms. The molecule has 0 aliphatic heterocycles. The summed E-state index contributed by atoms with van der Waals surface area (Å²) in [6, 6.07) is 0.565. The van der Waals surface area contributed by atoms with Gasteiger partial charge in [0.25, 0.3) is 0 Å². The zero-order valence-electron chi connectivity index (χ0n) is 11.3. The van der Waals surface area contributed by atoms with E-state index in [1.165, 1.54) is 32.1 Å². The van der Waals surface area contributed by atoms with Crippen molar-refractivity contribution in [1.29, 1.82) is 0 Å². The zero-order valence-corrected chi connectivity index (χ0v) is 11.3. The van der Waals surface area contributed by atoms with Gasteiger partial charge in [0.2, 0.25) is 0 Å². The fourth-order valence-electron chi connectivity index (χ4n) is 2.68. The van der Waals surface area contributed by atoms with Crippen LogP contribution in [0.5, 0.6) is 0 Å². The highest BCUT2D eigenvalue weighted by Gasteiger charge is 2.21. The molecular formula is C13H23N5O. The highest BCUT2D eigenvalue weighted by Crippen LogP contribution is 2.23. The minimum atomic E-state index is 0.187. The first kappa shape index (κ1) is 14.2. The molecule has 1 fully saturated rings. The maximum atomic E-state index is 9.22. The van der Waals surface area contributed by atoms with Crippen molar-refractivity contribution in [2.24, 2.45) is 5.84 Å². The normalized spacial score (nSPS) is 16.8. The maximum Gasteiger partial charge on any atom is 0.158 e. The largest absolute Gasteiger partial charge is 0.395 e. The fourth-order valence-corrected chi connectivity index (χ4v) is 2.68. The Labute approximate surface area is 114 Å². The third kappa shape index (κ3) is 4.12. The van der Waals surface area contributed by atoms with Gasteiger partial charge in [0.05, 0.1) is 24.7 Å². The number of anilines is 1. The lowest BCUT2D eigenvalue weighted by Gasteiger charge is -2.33. The van der Waals surface area contributed by atoms with Gasteiger partial charge in [-0.3, -0.25) is 9.88 Å². The summed E-state index contributed by atoms with van der Waals surface area (Å²) in [5.74, 6) is 5.83. The lowest BCUT2D eigenvalue weighted by molar-refractivity contribution is 0.116. The predicted molar refractivity (Wildman–Crippen MR) is 74.2 cm³/mol. The molecule has 0 amide bonds. The number of nitrogens with two attached hydrogens (primary N) is 1. The molecule has 0 unspecified atom stereocenters. The number of hydrogen-bond donors (Lipinski definition) is 3. The van der Waals surface area contributed by atoms with Gasteiger partial charge >= 0.3 is 0 Å². The molecule has 0 radical (unpaired) electrons. The van der Waals surface area contributed by atoms with Gasteiger partial charge < -0.3 is 10.5 Å². The molecule has 0 aromatic carbocycles. The molecule has 19 heavy (non-hydrogen) atoms. The molecule has 2 rings (SSSR count). The Bertz CT molecular complexity index is 364. The van der Waals surface area contributed by atoms with Crippen LogP contribution < -0.4 is 11.3 Å². The van der Waals surface area contributed by atoms with Crippen molar-refractivity contribution < 1.29 is 5.11 Å². The first-order valence-electron chi connectivity index (χ1n) is 6.96. The molecule has 106 valence electrons. The van der Waals surface area contributed by atoms with Crippen molar-refractivity contribution in [2.45, 2.75) is 44.7 Å². The van der Waals surface area contributed by atoms with E-state index in [1.54, 1.807) is 12.4 Å². The third-order valence-electron chi connectivity index (χ3n) is 3.70. The van der Waals surface area contributed by atoms with Gasteiger partial charge in [0.1, 0.15) is 0 Å². The Balaban J connectivity index is 1.97. The van der Waals surface area contributed by atoms with E-state index >= 15 is 0 Å². The fraction of sp³-hybridized carbons (Fsp3) is 0.692. The third-order valence-corrected chi connectivity index (χ3v) is 3.70. The summed E-state index contributed by atoms with van der Waals surface area (Å²) in [6.07, 6.45) is 9.71. The van der Waals surface area contributed by atoms with Crippen LogP contribution in [0.25, 0.3) is 0 Å². The second-order valence-electron chi connectivity index (χ2n) is 5.02. The summed E-state index contributed by atoms with van der Waals surface area (Å²) < 4.78 is 0. The number of nitrogens with one attached hydrogen (secondary N) is 1. The lowest BCUT2D eigenvalue weighted by Crippen LogP contribution is -2.38. The van der Waals surface area contributed by atoms with E-state index < -0.39 is 0 Å². The number of aliphatic hydroxyl groups is 1. The number of rotatable bonds is 6. The molecule has 0 saturated heterocycles. The van der Waals surface area contributed by atoms with E-state index in [9.17, 15) is 5.11 Å². The highest BCUT2D eigenvalue weighted by atomic mass is 16.3. The van der Waals surface area contributed by atoms with E-state index in [0.717, 1.165) is 12.2 Å². The summed E-state index contributed by atoms with van der Waals surface area (Å²) in [4.78, 5) is 10.8. The van der Waals surface area contributed by atoms with Crippen LogP contribution in [-0.4, -0.2) is 39.2 Å². The van der Waals surface area contributed by atoms with Crippen molar-refractivity contribution >= 4 is 5.82 Å². The Hall–Kier alpha value is -1.24. The average Bonchev–Trinajstić information content (AvgIpc) is 2.48. The van der Waals surface area contributed by atoms with Crippen LogP contribution in [0.3, 0.4) is 0 Å². The predicted octanol–water partition coefficient (Wildman–Crippen LogP) is 0.889. The van der Waals surface area contributed by atoms with Crippen molar-refractivity contribution in [3.8, 4) is 0 Å². The lowest BCUT2D eigenvalue weighted by atomic mass is 9.94. The highest BCUT2D eigenvalue weighted by molar-refractivity contribution is 5.28. The van der Waals surface area contributed by atoms with Crippen LogP contribution >= 0.6 is 0 Å². The van der Waals surface area contributed by atoms with Crippen molar-refractivity contribution in [3.63, 3.8) is 0 Å². The first-order valence-corrected chi connectivity index (χ1v) is 6.96. The van der Waals surface area contributed by atoms with Crippen molar-refractivity contribution in [1.82, 2.24) is 14.9 Å². The molecule has 1 saturated carbocycles. The van der Waals surface area contributed by atoms with Crippen molar-refractivity contribution in [3.05, 3.63) is 18.1 Å². The summed E-state index contributed by atoms with van der Waals surface area (Å²) >= 11 is 0. The minimum Gasteiger partial charge on any atom is -0.395 e. The summed E-state index contributed by atoms with van der Waals surface area (Å²) in [5, 5.41) is 9.22. The van der Waals surface area contributed by atoms with Crippen LogP contribution in [0.2, 0.25) is 0 Å². The summed E-state index contributed by atoms with van der Waals surface area (Å²) in [6.45, 7) is 1.62. The summed E-state index contributed by atoms with van der Waals surface area (Å²) in [7, 11) is 0. The second-order valence-corrected chi connectivity index (χ2v) is 5.02. The topological polar surface area (TPSA) is 87.3 Å². The van der Waals surface area contributed by atoms with Crippen LogP contribution in [0.15, 0.2) is 12.4 Å². The van der Waals surface area contributed by atoms with Gasteiger partial charge in [-0.1, -0.05) is 19.3 Å². The standard InChI is InChI=1S/C13H23N5O/c14-17-13-9-15-11(8-16-13)10-18(6-7-19)12-4-2-1-3-5-12/h8-9,12,19H,1-7,10,14H2,(H,16,17). The smallest absolute Gasteiger partial charge is 0.158 e. The number of aromatic nitrogens is 2. The Morgan fingerprint density at radius 1 is 1.26 bits per heavy atom. The minimum absolute atomic E-state index is 0.187. The van der Waals surface area contributed by atoms with Crippen LogP contribution in [-0.2, 0) is 6.54 Å². The Morgan fingerprint density at radius 2 is 2.05 bits per heavy atom. The van der Waals surface area contributed by atoms with E-state index in [2.05, 4.69) is 20.3 Å². The molecule has 1 aliphatic rings. The van der Waals surface area contributed by atoms with Gasteiger partial charge in [-0.05, 0) is 12.8 Å². The molecule has 0 spiro atoms. The maximum absolute atomic E-state index is 9.22. The second kappa shape index (κ2) is 7.37. The van der Waals surface area contributed by atoms with Crippen LogP contribution in [0.4, 0.5) is 5.82 Å². The molecule has 0 atom stereocenters. The molecule has 0 bridgehead atoms. The molecule has 1 heterocycles. The average molecular weight is 265 g/mol. The van der Waals surface area contributed by atoms with Gasteiger partial charge in [-0.15, -0.1) is 0 Å². The quantitative estimate of drug-likeness (QED) is 0.523. The Morgan fingerprint density at radius 3 is 2.63 bits per heavy atom. The molecule has 4 N–H and O–H groups in total. The number of nitrogen functional groups attached to an aromatic ring is 1. The molecular weight excluding hydrogens is 242 g/mol. The summed E-state index contributed by atoms with van der Waals surface area (Å²) in [5.41, 5.74) is 3.38. The van der Waals surface area contributed by atoms with Gasteiger partial charge in [0, 0.05) is 19.1 Å². The SMILES string of the molecule is NNc1cnc(CN(CCO)C2CCCCC2)cn1. The van der Waals surface area contributed by atoms with Gasteiger partial charge in [-0.2, -0.15) is 0 Å². The number of hydrazine groups is 1.